The van der Waals surface area contributed by atoms with Crippen LogP contribution in [0.4, 0.5) is 0 Å². The highest BCUT2D eigenvalue weighted by atomic mass is 32.2. The van der Waals surface area contributed by atoms with Gasteiger partial charge in [-0.3, -0.25) is 5.10 Å². The van der Waals surface area contributed by atoms with E-state index in [1.54, 1.807) is 12.1 Å². The Morgan fingerprint density at radius 2 is 1.92 bits per heavy atom. The third-order valence-corrected chi connectivity index (χ3v) is 4.57. The molecule has 0 aliphatic rings. The second-order valence-electron chi connectivity index (χ2n) is 6.10. The minimum absolute atomic E-state index is 0.251. The summed E-state index contributed by atoms with van der Waals surface area (Å²) in [4.78, 5) is 4.58. The molecule has 2 heterocycles. The standard InChI is InChI=1S/C16H18N4O3S/c1-10(2)8-12-9-14(19-18-12)16-17-15(20-23-16)11-4-6-13(7-5-11)24(3,21)22/h4-7,9-10H,8H2,1-3H3,(H,18,19). The molecule has 0 unspecified atom stereocenters. The highest BCUT2D eigenvalue weighted by Crippen LogP contribution is 2.23. The molecule has 0 aliphatic heterocycles. The Kier molecular flexibility index (Phi) is 4.23. The molecule has 1 aromatic carbocycles. The fourth-order valence-corrected chi connectivity index (χ4v) is 2.94. The summed E-state index contributed by atoms with van der Waals surface area (Å²) < 4.78 is 28.2. The van der Waals surface area contributed by atoms with Gasteiger partial charge in [-0.15, -0.1) is 0 Å². The molecule has 3 rings (SSSR count). The Hall–Kier alpha value is -2.48. The summed E-state index contributed by atoms with van der Waals surface area (Å²) in [5.74, 6) is 1.23. The number of hydrogen-bond donors (Lipinski definition) is 1. The van der Waals surface area contributed by atoms with Gasteiger partial charge in [0.05, 0.1) is 4.90 Å². The summed E-state index contributed by atoms with van der Waals surface area (Å²) in [7, 11) is -3.23. The molecule has 0 bridgehead atoms. The van der Waals surface area contributed by atoms with Crippen molar-refractivity contribution in [2.24, 2.45) is 5.92 Å². The van der Waals surface area contributed by atoms with Crippen LogP contribution >= 0.6 is 0 Å². The van der Waals surface area contributed by atoms with Gasteiger partial charge in [0.25, 0.3) is 5.89 Å². The van der Waals surface area contributed by atoms with Crippen LogP contribution in [0.2, 0.25) is 0 Å². The molecule has 0 fully saturated rings. The molecule has 24 heavy (non-hydrogen) atoms. The highest BCUT2D eigenvalue weighted by molar-refractivity contribution is 7.90. The van der Waals surface area contributed by atoms with Crippen molar-refractivity contribution in [2.45, 2.75) is 25.2 Å². The van der Waals surface area contributed by atoms with Crippen molar-refractivity contribution < 1.29 is 12.9 Å². The van der Waals surface area contributed by atoms with Crippen molar-refractivity contribution in [1.82, 2.24) is 20.3 Å². The van der Waals surface area contributed by atoms with Crippen molar-refractivity contribution in [2.75, 3.05) is 6.26 Å². The molecule has 0 amide bonds. The topological polar surface area (TPSA) is 102 Å². The van der Waals surface area contributed by atoms with Gasteiger partial charge in [-0.2, -0.15) is 10.1 Å². The lowest BCUT2D eigenvalue weighted by Crippen LogP contribution is -1.96. The lowest BCUT2D eigenvalue weighted by Gasteiger charge is -1.98. The first-order chi connectivity index (χ1) is 11.3. The number of sulfone groups is 1. The summed E-state index contributed by atoms with van der Waals surface area (Å²) in [6, 6.07) is 8.25. The Morgan fingerprint density at radius 1 is 1.21 bits per heavy atom. The molecule has 2 aromatic heterocycles. The summed E-state index contributed by atoms with van der Waals surface area (Å²) in [5, 5.41) is 11.1. The minimum atomic E-state index is -3.23. The van der Waals surface area contributed by atoms with E-state index in [4.69, 9.17) is 4.52 Å². The van der Waals surface area contributed by atoms with Gasteiger partial charge >= 0.3 is 0 Å². The third kappa shape index (κ3) is 3.53. The van der Waals surface area contributed by atoms with Gasteiger partial charge in [-0.25, -0.2) is 8.42 Å². The summed E-state index contributed by atoms with van der Waals surface area (Å²) in [6.45, 7) is 4.26. The predicted molar refractivity (Wildman–Crippen MR) is 89.0 cm³/mol. The van der Waals surface area contributed by atoms with Crippen LogP contribution in [0.5, 0.6) is 0 Å². The first-order valence-corrected chi connectivity index (χ1v) is 9.41. The van der Waals surface area contributed by atoms with Gasteiger partial charge < -0.3 is 4.52 Å². The van der Waals surface area contributed by atoms with Gasteiger partial charge in [0.15, 0.2) is 15.5 Å². The van der Waals surface area contributed by atoms with Crippen LogP contribution in [-0.2, 0) is 16.3 Å². The fraction of sp³-hybridized carbons (Fsp3) is 0.312. The van der Waals surface area contributed by atoms with E-state index < -0.39 is 9.84 Å². The van der Waals surface area contributed by atoms with Crippen molar-refractivity contribution >= 4 is 9.84 Å². The van der Waals surface area contributed by atoms with Crippen molar-refractivity contribution in [1.29, 1.82) is 0 Å². The monoisotopic (exact) mass is 346 g/mol. The number of benzene rings is 1. The maximum atomic E-state index is 11.5. The maximum absolute atomic E-state index is 11.5. The number of nitrogens with one attached hydrogen (secondary N) is 1. The van der Waals surface area contributed by atoms with Gasteiger partial charge in [-0.05, 0) is 42.7 Å². The van der Waals surface area contributed by atoms with Gasteiger partial charge in [0.2, 0.25) is 5.82 Å². The van der Waals surface area contributed by atoms with Crippen LogP contribution < -0.4 is 0 Å². The molecule has 0 aliphatic carbocycles. The lowest BCUT2D eigenvalue weighted by atomic mass is 10.1. The van der Waals surface area contributed by atoms with Crippen LogP contribution in [0.15, 0.2) is 39.8 Å². The average molecular weight is 346 g/mol. The quantitative estimate of drug-likeness (QED) is 0.762. The summed E-state index contributed by atoms with van der Waals surface area (Å²) >= 11 is 0. The SMILES string of the molecule is CC(C)Cc1cc(-c2nc(-c3ccc(S(C)(=O)=O)cc3)no2)n[nH]1. The van der Waals surface area contributed by atoms with E-state index in [0.717, 1.165) is 12.1 Å². The molecule has 126 valence electrons. The maximum Gasteiger partial charge on any atom is 0.278 e. The molecule has 3 aromatic rings. The zero-order valence-corrected chi connectivity index (χ0v) is 14.5. The van der Waals surface area contributed by atoms with E-state index in [1.165, 1.54) is 18.4 Å². The smallest absolute Gasteiger partial charge is 0.278 e. The molecule has 7 nitrogen and oxygen atoms in total. The predicted octanol–water partition coefficient (Wildman–Crippen LogP) is 2.73. The van der Waals surface area contributed by atoms with Crippen LogP contribution in [0.1, 0.15) is 19.5 Å². The van der Waals surface area contributed by atoms with Crippen molar-refractivity contribution in [3.63, 3.8) is 0 Å². The lowest BCUT2D eigenvalue weighted by molar-refractivity contribution is 0.431. The molecule has 0 saturated carbocycles. The number of H-pyrrole nitrogens is 1. The summed E-state index contributed by atoms with van der Waals surface area (Å²) in [6.07, 6.45) is 2.06. The fourth-order valence-electron chi connectivity index (χ4n) is 2.31. The number of nitrogens with zero attached hydrogens (tertiary/aromatic N) is 3. The number of rotatable bonds is 5. The Balaban J connectivity index is 1.84. The Labute approximate surface area is 140 Å². The number of hydrogen-bond acceptors (Lipinski definition) is 6. The second kappa shape index (κ2) is 6.20. The third-order valence-electron chi connectivity index (χ3n) is 3.44. The van der Waals surface area contributed by atoms with Crippen molar-refractivity contribution in [3.05, 3.63) is 36.0 Å². The second-order valence-corrected chi connectivity index (χ2v) is 8.11. The van der Waals surface area contributed by atoms with E-state index in [9.17, 15) is 8.42 Å². The van der Waals surface area contributed by atoms with E-state index in [-0.39, 0.29) is 4.90 Å². The van der Waals surface area contributed by atoms with E-state index in [2.05, 4.69) is 34.2 Å². The van der Waals surface area contributed by atoms with Crippen LogP contribution in [-0.4, -0.2) is 35.0 Å². The normalized spacial score (nSPS) is 12.0. The Morgan fingerprint density at radius 3 is 2.54 bits per heavy atom. The van der Waals surface area contributed by atoms with Gasteiger partial charge in [-0.1, -0.05) is 19.0 Å². The molecule has 0 radical (unpaired) electrons. The number of aromatic amines is 1. The van der Waals surface area contributed by atoms with E-state index >= 15 is 0 Å². The highest BCUT2D eigenvalue weighted by Gasteiger charge is 2.15. The van der Waals surface area contributed by atoms with E-state index in [0.29, 0.717) is 28.9 Å². The molecular weight excluding hydrogens is 328 g/mol. The Bertz CT molecular complexity index is 940. The molecule has 0 atom stereocenters. The minimum Gasteiger partial charge on any atom is -0.332 e. The van der Waals surface area contributed by atoms with Gasteiger partial charge in [0, 0.05) is 17.5 Å². The van der Waals surface area contributed by atoms with Gasteiger partial charge in [0.1, 0.15) is 0 Å². The van der Waals surface area contributed by atoms with Crippen LogP contribution in [0, 0.1) is 5.92 Å². The van der Waals surface area contributed by atoms with E-state index in [1.807, 2.05) is 6.07 Å². The largest absolute Gasteiger partial charge is 0.332 e. The average Bonchev–Trinajstić information content (AvgIpc) is 3.14. The number of aromatic nitrogens is 4. The molecular formula is C16H18N4O3S. The zero-order chi connectivity index (χ0) is 17.3. The van der Waals surface area contributed by atoms with Crippen LogP contribution in [0.3, 0.4) is 0 Å². The van der Waals surface area contributed by atoms with Crippen molar-refractivity contribution in [3.8, 4) is 23.0 Å². The molecule has 8 heteroatoms. The zero-order valence-electron chi connectivity index (χ0n) is 13.6. The molecule has 0 spiro atoms. The molecule has 0 saturated heterocycles. The first-order valence-electron chi connectivity index (χ1n) is 7.52. The summed E-state index contributed by atoms with van der Waals surface area (Å²) in [5.41, 5.74) is 2.28. The first kappa shape index (κ1) is 16.4. The molecule has 1 N–H and O–H groups in total. The van der Waals surface area contributed by atoms with Crippen LogP contribution in [0.25, 0.3) is 23.0 Å².